The maximum atomic E-state index is 12.5. The number of aromatic nitrogens is 4. The second-order valence-corrected chi connectivity index (χ2v) is 16.7. The molecule has 0 saturated carbocycles. The number of esters is 2. The minimum Gasteiger partial charge on any atom is -0.444 e. The largest absolute Gasteiger partial charge is 0.491 e. The highest BCUT2D eigenvalue weighted by atomic mass is 19.4. The Labute approximate surface area is 383 Å². The molecule has 5 rings (SSSR count). The smallest absolute Gasteiger partial charge is 0.444 e. The van der Waals surface area contributed by atoms with Crippen molar-refractivity contribution >= 4 is 53.5 Å². The second-order valence-electron chi connectivity index (χ2n) is 16.7. The van der Waals surface area contributed by atoms with Crippen molar-refractivity contribution in [2.75, 3.05) is 39.3 Å². The van der Waals surface area contributed by atoms with Gasteiger partial charge in [-0.25, -0.2) is 19.6 Å². The number of aromatic amines is 2. The second kappa shape index (κ2) is 26.3. The average molecular weight is 961 g/mol. The molecule has 3 amide bonds. The summed E-state index contributed by atoms with van der Waals surface area (Å²) in [5, 5.41) is 0. The number of carbonyl (C=O) groups excluding carboxylic acids is 8. The number of Topliss-reactive ketones (excluding diaryl/α,β-unsaturated/α-hetero) is 2. The van der Waals surface area contributed by atoms with Gasteiger partial charge in [-0.1, -0.05) is 20.4 Å². The van der Waals surface area contributed by atoms with Crippen LogP contribution in [0.5, 0.6) is 0 Å². The number of carbonyl (C=O) groups is 8. The molecule has 2 aromatic rings. The van der Waals surface area contributed by atoms with Gasteiger partial charge in [0.1, 0.15) is 35.0 Å². The van der Waals surface area contributed by atoms with Gasteiger partial charge in [0.15, 0.2) is 5.82 Å². The van der Waals surface area contributed by atoms with Crippen LogP contribution in [0.15, 0.2) is 12.4 Å². The number of aldehydes is 1. The number of halogens is 6. The Morgan fingerprint density at radius 2 is 1.16 bits per heavy atom. The van der Waals surface area contributed by atoms with Crippen molar-refractivity contribution in [1.82, 2.24) is 34.6 Å². The molecule has 0 aromatic carbocycles. The van der Waals surface area contributed by atoms with Crippen LogP contribution >= 0.6 is 0 Å². The molecule has 18 nitrogen and oxygen atoms in total. The molecule has 0 spiro atoms. The Balaban J connectivity index is 0.000000318. The van der Waals surface area contributed by atoms with Crippen molar-refractivity contribution in [2.24, 2.45) is 5.92 Å². The molecule has 0 radical (unpaired) electrons. The molecule has 3 saturated heterocycles. The highest BCUT2D eigenvalue weighted by Crippen LogP contribution is 2.32. The number of ketones is 2. The Morgan fingerprint density at radius 1 is 0.731 bits per heavy atom. The maximum Gasteiger partial charge on any atom is 0.491 e. The van der Waals surface area contributed by atoms with E-state index >= 15 is 0 Å². The summed E-state index contributed by atoms with van der Waals surface area (Å²) >= 11 is 0. The Morgan fingerprint density at radius 3 is 1.49 bits per heavy atom. The first-order valence-electron chi connectivity index (χ1n) is 21.6. The van der Waals surface area contributed by atoms with Gasteiger partial charge in [-0.15, -0.1) is 0 Å². The van der Waals surface area contributed by atoms with Crippen LogP contribution in [0.25, 0.3) is 4.85 Å². The van der Waals surface area contributed by atoms with E-state index in [4.69, 9.17) is 11.3 Å². The summed E-state index contributed by atoms with van der Waals surface area (Å²) in [6.45, 7) is 20.1. The molecule has 24 heteroatoms. The number of amides is 3. The number of likely N-dealkylation sites (tertiary alicyclic amines) is 3. The van der Waals surface area contributed by atoms with Gasteiger partial charge in [0.2, 0.25) is 17.6 Å². The van der Waals surface area contributed by atoms with Crippen molar-refractivity contribution in [3.63, 3.8) is 0 Å². The number of hydrogen-bond acceptors (Lipinski definition) is 12. The molecular weight excluding hydrogens is 903 g/mol. The van der Waals surface area contributed by atoms with Crippen molar-refractivity contribution in [3.05, 3.63) is 41.2 Å². The lowest BCUT2D eigenvalue weighted by Gasteiger charge is -2.31. The van der Waals surface area contributed by atoms with Gasteiger partial charge < -0.3 is 38.8 Å². The summed E-state index contributed by atoms with van der Waals surface area (Å²) in [5.74, 6) is -2.32. The van der Waals surface area contributed by atoms with Gasteiger partial charge in [-0.2, -0.15) is 26.3 Å². The molecule has 0 unspecified atom stereocenters. The minimum atomic E-state index is -5.09. The summed E-state index contributed by atoms with van der Waals surface area (Å²) in [5.41, 5.74) is -1.30. The first kappa shape index (κ1) is 57.0. The number of nitrogens with one attached hydrogen (secondary N) is 2. The lowest BCUT2D eigenvalue weighted by Crippen LogP contribution is -2.41. The lowest BCUT2D eigenvalue weighted by molar-refractivity contribution is -0.201. The van der Waals surface area contributed by atoms with E-state index in [1.807, 2.05) is 20.8 Å². The molecule has 3 aliphatic rings. The predicted molar refractivity (Wildman–Crippen MR) is 225 cm³/mol. The summed E-state index contributed by atoms with van der Waals surface area (Å²) in [4.78, 5) is 110. The molecule has 0 bridgehead atoms. The number of alkyl halides is 6. The van der Waals surface area contributed by atoms with Crippen LogP contribution in [-0.4, -0.2) is 133 Å². The van der Waals surface area contributed by atoms with Gasteiger partial charge in [0.05, 0.1) is 25.2 Å². The van der Waals surface area contributed by atoms with Gasteiger partial charge in [0, 0.05) is 76.8 Å². The van der Waals surface area contributed by atoms with E-state index in [0.29, 0.717) is 83.5 Å². The number of H-pyrrole nitrogens is 2. The van der Waals surface area contributed by atoms with Crippen LogP contribution in [0, 0.1) is 12.5 Å². The molecule has 0 aliphatic carbocycles. The van der Waals surface area contributed by atoms with Crippen LogP contribution in [0.3, 0.4) is 0 Å². The van der Waals surface area contributed by atoms with E-state index in [0.717, 1.165) is 44.0 Å². The standard InChI is InChI=1S/C14H18F3N3O2.C14H18N4O2.C11H19NO3.C4H3F3O3/c1-2-10(21)7-12(22)20-5-3-9(4-6-20)13-18-8-11(19-13)14(15,16)17;1-3-11(19)8-13(20)18-6-4-10(5-7-18)14-16-9-12(15-2)17-14;1-11(2,3)15-10(14)12-6-4-9(8-13)5-7-12;1-2(8)10-3(9)4(5,6)7/h8-9H,2-7H2,1H3,(H,18,19);9-10H,3-8H2,1H3,(H,16,17);8-9H,4-7H2,1-3H3;1H3. The van der Waals surface area contributed by atoms with Gasteiger partial charge in [-0.3, -0.25) is 29.0 Å². The Hall–Kier alpha value is -6.15. The zero-order valence-corrected chi connectivity index (χ0v) is 38.3. The summed E-state index contributed by atoms with van der Waals surface area (Å²) in [6, 6.07) is 0. The van der Waals surface area contributed by atoms with Crippen molar-refractivity contribution in [2.45, 2.75) is 136 Å². The highest BCUT2D eigenvalue weighted by Gasteiger charge is 2.42. The molecule has 372 valence electrons. The van der Waals surface area contributed by atoms with Crippen molar-refractivity contribution < 1.29 is 74.2 Å². The van der Waals surface area contributed by atoms with Crippen LogP contribution < -0.4 is 0 Å². The first-order chi connectivity index (χ1) is 31.2. The Kier molecular flexibility index (Phi) is 22.3. The Bertz CT molecular complexity index is 2030. The van der Waals surface area contributed by atoms with Crippen LogP contribution in [-0.2, 0) is 49.2 Å². The number of rotatable bonds is 9. The molecule has 3 aliphatic heterocycles. The summed E-state index contributed by atoms with van der Waals surface area (Å²) in [7, 11) is 0. The molecule has 5 heterocycles. The van der Waals surface area contributed by atoms with E-state index in [1.165, 1.54) is 0 Å². The first-order valence-corrected chi connectivity index (χ1v) is 21.6. The fraction of sp³-hybridized carbons (Fsp3) is 0.651. The number of ether oxygens (including phenoxy) is 2. The van der Waals surface area contributed by atoms with Crippen molar-refractivity contribution in [3.8, 4) is 0 Å². The maximum absolute atomic E-state index is 12.5. The van der Waals surface area contributed by atoms with Crippen LogP contribution in [0.4, 0.5) is 37.0 Å². The number of nitrogens with zero attached hydrogens (tertiary/aromatic N) is 6. The third kappa shape index (κ3) is 20.5. The summed E-state index contributed by atoms with van der Waals surface area (Å²) in [6.07, 6.45) is -1.60. The highest BCUT2D eigenvalue weighted by molar-refractivity contribution is 5.98. The predicted octanol–water partition coefficient (Wildman–Crippen LogP) is 7.01. The van der Waals surface area contributed by atoms with E-state index in [2.05, 4.69) is 29.5 Å². The molecule has 0 atom stereocenters. The number of piperidine rings is 3. The normalized spacial score (nSPS) is 16.1. The fourth-order valence-electron chi connectivity index (χ4n) is 6.63. The number of hydrogen-bond donors (Lipinski definition) is 2. The lowest BCUT2D eigenvalue weighted by atomic mass is 9.96. The van der Waals surface area contributed by atoms with Crippen LogP contribution in [0.1, 0.15) is 135 Å². The molecule has 2 aromatic heterocycles. The topological polar surface area (TPSA) is 226 Å². The molecule has 67 heavy (non-hydrogen) atoms. The van der Waals surface area contributed by atoms with E-state index in [1.54, 1.807) is 34.7 Å². The third-order valence-corrected chi connectivity index (χ3v) is 10.4. The van der Waals surface area contributed by atoms with Gasteiger partial charge >= 0.3 is 30.4 Å². The fourth-order valence-corrected chi connectivity index (χ4v) is 6.63. The van der Waals surface area contributed by atoms with Crippen LogP contribution in [0.2, 0.25) is 0 Å². The molecular formula is C43H58F6N8O10. The zero-order valence-electron chi connectivity index (χ0n) is 38.3. The third-order valence-electron chi connectivity index (χ3n) is 10.4. The molecule has 2 N–H and O–H groups in total. The average Bonchev–Trinajstić information content (AvgIpc) is 3.98. The van der Waals surface area contributed by atoms with Gasteiger partial charge in [0.25, 0.3) is 0 Å². The minimum absolute atomic E-state index is 0.00939. The SMILES string of the molecule is CC(=O)OC(=O)C(F)(F)F.CC(C)(C)OC(=O)N1CCC(C=O)CC1.CCC(=O)CC(=O)N1CCC(c2ncc(C(F)(F)F)[nH]2)CC1.[C-]#[N+]c1cnc(C2CCN(C(=O)CC(=O)CC)CC2)[nH]1. The molecule has 3 fully saturated rings. The van der Waals surface area contributed by atoms with Crippen molar-refractivity contribution in [1.29, 1.82) is 0 Å². The zero-order chi connectivity index (χ0) is 50.7. The van der Waals surface area contributed by atoms with Gasteiger partial charge in [-0.05, 0) is 59.3 Å². The van der Waals surface area contributed by atoms with E-state index in [-0.39, 0.29) is 60.1 Å². The summed E-state index contributed by atoms with van der Waals surface area (Å²) < 4.78 is 79.6. The monoisotopic (exact) mass is 960 g/mol. The van der Waals surface area contributed by atoms with E-state index in [9.17, 15) is 64.7 Å². The van der Waals surface area contributed by atoms with E-state index < -0.39 is 35.6 Å². The quantitative estimate of drug-likeness (QED) is 0.0851. The number of imidazole rings is 2.